The molecule has 4 nitrogen and oxygen atoms in total. The lowest BCUT2D eigenvalue weighted by molar-refractivity contribution is -0.125. The summed E-state index contributed by atoms with van der Waals surface area (Å²) in [6.45, 7) is 8.45. The van der Waals surface area contributed by atoms with E-state index in [2.05, 4.69) is 19.2 Å². The lowest BCUT2D eigenvalue weighted by Crippen LogP contribution is -2.46. The van der Waals surface area contributed by atoms with Crippen LogP contribution in [0.4, 0.5) is 4.79 Å². The van der Waals surface area contributed by atoms with E-state index in [1.165, 1.54) is 0 Å². The molecule has 1 rings (SSSR count). The molecule has 1 fully saturated rings. The first-order valence-corrected chi connectivity index (χ1v) is 5.52. The van der Waals surface area contributed by atoms with E-state index in [4.69, 9.17) is 0 Å². The van der Waals surface area contributed by atoms with E-state index in [1.54, 1.807) is 18.7 Å². The summed E-state index contributed by atoms with van der Waals surface area (Å²) < 4.78 is 0. The molecule has 15 heavy (non-hydrogen) atoms. The normalized spacial score (nSPS) is 21.7. The maximum Gasteiger partial charge on any atom is 0.325 e. The van der Waals surface area contributed by atoms with E-state index < -0.39 is 5.54 Å². The van der Waals surface area contributed by atoms with Crippen molar-refractivity contribution in [3.63, 3.8) is 0 Å². The van der Waals surface area contributed by atoms with Gasteiger partial charge in [-0.3, -0.25) is 10.1 Å². The van der Waals surface area contributed by atoms with Gasteiger partial charge in [0.1, 0.15) is 5.54 Å². The first-order valence-electron chi connectivity index (χ1n) is 5.52. The Morgan fingerprint density at radius 1 is 1.40 bits per heavy atom. The van der Waals surface area contributed by atoms with E-state index >= 15 is 0 Å². The fourth-order valence-electron chi connectivity index (χ4n) is 1.90. The Hall–Kier alpha value is -1.06. The fraction of sp³-hybridized carbons (Fsp3) is 0.818. The number of imide groups is 1. The molecule has 0 bridgehead atoms. The van der Waals surface area contributed by atoms with Gasteiger partial charge in [0.15, 0.2) is 0 Å². The van der Waals surface area contributed by atoms with Gasteiger partial charge in [-0.05, 0) is 26.2 Å². The van der Waals surface area contributed by atoms with Crippen molar-refractivity contribution in [3.05, 3.63) is 0 Å². The van der Waals surface area contributed by atoms with Crippen LogP contribution in [0, 0.1) is 5.92 Å². The predicted octanol–water partition coefficient (Wildman–Crippen LogP) is 1.75. The van der Waals surface area contributed by atoms with Gasteiger partial charge in [0, 0.05) is 6.54 Å². The summed E-state index contributed by atoms with van der Waals surface area (Å²) in [5, 5.41) is 2.35. The summed E-state index contributed by atoms with van der Waals surface area (Å²) in [6, 6.07) is -0.257. The summed E-state index contributed by atoms with van der Waals surface area (Å²) in [6.07, 6.45) is 2.18. The van der Waals surface area contributed by atoms with Crippen molar-refractivity contribution in [3.8, 4) is 0 Å². The number of amides is 3. The summed E-state index contributed by atoms with van der Waals surface area (Å²) >= 11 is 0. The molecular formula is C11H20N2O2. The molecule has 1 atom stereocenters. The second kappa shape index (κ2) is 4.21. The van der Waals surface area contributed by atoms with Crippen LogP contribution in [0.2, 0.25) is 0 Å². The van der Waals surface area contributed by atoms with Crippen LogP contribution in [0.1, 0.15) is 40.5 Å². The van der Waals surface area contributed by atoms with E-state index in [0.717, 1.165) is 12.8 Å². The second-order valence-electron chi connectivity index (χ2n) is 4.82. The van der Waals surface area contributed by atoms with Crippen molar-refractivity contribution < 1.29 is 9.59 Å². The fourth-order valence-corrected chi connectivity index (χ4v) is 1.90. The quantitative estimate of drug-likeness (QED) is 0.722. The van der Waals surface area contributed by atoms with Crippen molar-refractivity contribution in [1.29, 1.82) is 0 Å². The van der Waals surface area contributed by atoms with Crippen LogP contribution in [-0.2, 0) is 4.79 Å². The first kappa shape index (κ1) is 12.0. The number of nitrogens with one attached hydrogen (secondary N) is 1. The Morgan fingerprint density at radius 3 is 2.40 bits per heavy atom. The van der Waals surface area contributed by atoms with Crippen LogP contribution in [0.3, 0.4) is 0 Å². The third-order valence-corrected chi connectivity index (χ3v) is 2.97. The van der Waals surface area contributed by atoms with Gasteiger partial charge < -0.3 is 4.90 Å². The molecule has 86 valence electrons. The Kier molecular flexibility index (Phi) is 3.37. The Bertz CT molecular complexity index is 274. The average Bonchev–Trinajstić information content (AvgIpc) is 2.29. The van der Waals surface area contributed by atoms with E-state index in [-0.39, 0.29) is 11.9 Å². The Labute approximate surface area is 91.0 Å². The second-order valence-corrected chi connectivity index (χ2v) is 4.82. The summed E-state index contributed by atoms with van der Waals surface area (Å²) in [5.41, 5.74) is -0.695. The van der Waals surface area contributed by atoms with Crippen LogP contribution < -0.4 is 5.32 Å². The molecule has 0 aromatic heterocycles. The zero-order valence-electron chi connectivity index (χ0n) is 9.96. The minimum absolute atomic E-state index is 0.198. The molecule has 0 radical (unpaired) electrons. The van der Waals surface area contributed by atoms with E-state index in [1.807, 2.05) is 0 Å². The van der Waals surface area contributed by atoms with Crippen LogP contribution in [-0.4, -0.2) is 28.9 Å². The molecule has 1 heterocycles. The molecule has 4 heteroatoms. The number of hydrogen-bond acceptors (Lipinski definition) is 2. The smallest absolute Gasteiger partial charge is 0.310 e. The number of rotatable bonds is 4. The lowest BCUT2D eigenvalue weighted by Gasteiger charge is -2.30. The molecule has 1 aliphatic heterocycles. The van der Waals surface area contributed by atoms with E-state index in [0.29, 0.717) is 12.5 Å². The largest absolute Gasteiger partial charge is 0.325 e. The minimum Gasteiger partial charge on any atom is -0.310 e. The predicted molar refractivity (Wildman–Crippen MR) is 58.4 cm³/mol. The van der Waals surface area contributed by atoms with Gasteiger partial charge in [0.2, 0.25) is 0 Å². The monoisotopic (exact) mass is 212 g/mol. The van der Waals surface area contributed by atoms with E-state index in [9.17, 15) is 9.59 Å². The SMILES string of the molecule is CCCC(C)CN1C(=O)NC(=O)C1(C)C. The maximum absolute atomic E-state index is 11.5. The zero-order valence-corrected chi connectivity index (χ0v) is 9.96. The highest BCUT2D eigenvalue weighted by Gasteiger charge is 2.45. The van der Waals surface area contributed by atoms with Gasteiger partial charge in [-0.1, -0.05) is 20.3 Å². The molecule has 0 aromatic rings. The Morgan fingerprint density at radius 2 is 2.00 bits per heavy atom. The van der Waals surface area contributed by atoms with Gasteiger partial charge in [0.25, 0.3) is 5.91 Å². The molecule has 1 N–H and O–H groups in total. The highest BCUT2D eigenvalue weighted by molar-refractivity contribution is 6.06. The van der Waals surface area contributed by atoms with Crippen LogP contribution >= 0.6 is 0 Å². The minimum atomic E-state index is -0.695. The molecule has 0 aliphatic carbocycles. The summed E-state index contributed by atoms with van der Waals surface area (Å²) in [4.78, 5) is 24.7. The number of urea groups is 1. The van der Waals surface area contributed by atoms with Crippen molar-refractivity contribution in [2.24, 2.45) is 5.92 Å². The van der Waals surface area contributed by atoms with Gasteiger partial charge >= 0.3 is 6.03 Å². The van der Waals surface area contributed by atoms with Crippen LogP contribution in [0.15, 0.2) is 0 Å². The third kappa shape index (κ3) is 2.30. The van der Waals surface area contributed by atoms with Crippen molar-refractivity contribution in [1.82, 2.24) is 10.2 Å². The van der Waals surface area contributed by atoms with Gasteiger partial charge in [0.05, 0.1) is 0 Å². The molecular weight excluding hydrogens is 192 g/mol. The van der Waals surface area contributed by atoms with Gasteiger partial charge in [-0.15, -0.1) is 0 Å². The zero-order chi connectivity index (χ0) is 11.6. The van der Waals surface area contributed by atoms with Crippen molar-refractivity contribution in [2.45, 2.75) is 46.1 Å². The average molecular weight is 212 g/mol. The number of nitrogens with zero attached hydrogens (tertiary/aromatic N) is 1. The Balaban J connectivity index is 2.68. The van der Waals surface area contributed by atoms with Gasteiger partial charge in [-0.2, -0.15) is 0 Å². The topological polar surface area (TPSA) is 49.4 Å². The molecule has 1 unspecified atom stereocenters. The van der Waals surface area contributed by atoms with Crippen LogP contribution in [0.5, 0.6) is 0 Å². The molecule has 3 amide bonds. The standard InChI is InChI=1S/C11H20N2O2/c1-5-6-8(2)7-13-10(15)12-9(14)11(13,3)4/h8H,5-7H2,1-4H3,(H,12,14,15). The third-order valence-electron chi connectivity index (χ3n) is 2.97. The number of carbonyl (C=O) groups excluding carboxylic acids is 2. The highest BCUT2D eigenvalue weighted by Crippen LogP contribution is 2.23. The number of hydrogen-bond donors (Lipinski definition) is 1. The molecule has 1 saturated heterocycles. The van der Waals surface area contributed by atoms with Crippen molar-refractivity contribution in [2.75, 3.05) is 6.54 Å². The van der Waals surface area contributed by atoms with Crippen LogP contribution in [0.25, 0.3) is 0 Å². The molecule has 0 saturated carbocycles. The molecule has 1 aliphatic rings. The summed E-state index contributed by atoms with van der Waals surface area (Å²) in [5.74, 6) is 0.238. The molecule has 0 aromatic carbocycles. The highest BCUT2D eigenvalue weighted by atomic mass is 16.2. The van der Waals surface area contributed by atoms with Crippen molar-refractivity contribution >= 4 is 11.9 Å². The van der Waals surface area contributed by atoms with Gasteiger partial charge in [-0.25, -0.2) is 4.79 Å². The summed E-state index contributed by atoms with van der Waals surface area (Å²) in [7, 11) is 0. The number of carbonyl (C=O) groups is 2. The maximum atomic E-state index is 11.5. The first-order chi connectivity index (χ1) is 6.89. The lowest BCUT2D eigenvalue weighted by atomic mass is 10.00. The molecule has 0 spiro atoms.